The van der Waals surface area contributed by atoms with Crippen molar-refractivity contribution in [1.82, 2.24) is 20.4 Å². The molecule has 128 valence electrons. The third-order valence-electron chi connectivity index (χ3n) is 4.34. The van der Waals surface area contributed by atoms with E-state index in [1.54, 1.807) is 0 Å². The Morgan fingerprint density at radius 3 is 2.79 bits per heavy atom. The maximum atomic E-state index is 13.0. The lowest BCUT2D eigenvalue weighted by molar-refractivity contribution is 0.0628. The second kappa shape index (κ2) is 6.57. The quantitative estimate of drug-likeness (QED) is 0.878. The molecule has 2 N–H and O–H groups in total. The first-order chi connectivity index (χ1) is 11.4. The van der Waals surface area contributed by atoms with Gasteiger partial charge in [0, 0.05) is 35.8 Å². The maximum absolute atomic E-state index is 13.0. The molecule has 24 heavy (non-hydrogen) atoms. The van der Waals surface area contributed by atoms with Crippen LogP contribution >= 0.6 is 11.6 Å². The highest BCUT2D eigenvalue weighted by Crippen LogP contribution is 2.27. The lowest BCUT2D eigenvalue weighted by atomic mass is 9.92. The minimum absolute atomic E-state index is 0.0419. The fourth-order valence-electron chi connectivity index (χ4n) is 2.92. The minimum Gasteiger partial charge on any atom is -0.328 e. The third kappa shape index (κ3) is 3.47. The van der Waals surface area contributed by atoms with Gasteiger partial charge in [-0.15, -0.1) is 0 Å². The van der Waals surface area contributed by atoms with Crippen LogP contribution in [0, 0.1) is 0 Å². The van der Waals surface area contributed by atoms with Gasteiger partial charge in [0.25, 0.3) is 5.91 Å². The third-order valence-corrected chi connectivity index (χ3v) is 4.58. The predicted molar refractivity (Wildman–Crippen MR) is 95.4 cm³/mol. The van der Waals surface area contributed by atoms with E-state index < -0.39 is 0 Å². The smallest absolute Gasteiger partial charge is 0.274 e. The van der Waals surface area contributed by atoms with Crippen LogP contribution in [0.2, 0.25) is 5.02 Å². The molecule has 1 aliphatic rings. The van der Waals surface area contributed by atoms with Gasteiger partial charge in [0.15, 0.2) is 0 Å². The zero-order valence-corrected chi connectivity index (χ0v) is 15.0. The Morgan fingerprint density at radius 2 is 2.12 bits per heavy atom. The lowest BCUT2D eigenvalue weighted by Crippen LogP contribution is -2.48. The van der Waals surface area contributed by atoms with Crippen molar-refractivity contribution in [3.63, 3.8) is 0 Å². The van der Waals surface area contributed by atoms with Gasteiger partial charge in [-0.2, -0.15) is 5.10 Å². The maximum Gasteiger partial charge on any atom is 0.274 e. The number of nitrogens with zero attached hydrogens (tertiary/aromatic N) is 2. The zero-order chi connectivity index (χ0) is 17.3. The molecular weight excluding hydrogens is 324 g/mol. The first-order valence-electron chi connectivity index (χ1n) is 8.19. The van der Waals surface area contributed by atoms with Crippen molar-refractivity contribution < 1.29 is 4.79 Å². The first-order valence-corrected chi connectivity index (χ1v) is 8.57. The van der Waals surface area contributed by atoms with Crippen LogP contribution in [0.1, 0.15) is 48.6 Å². The Labute approximate surface area is 147 Å². The summed E-state index contributed by atoms with van der Waals surface area (Å²) in [6, 6.07) is 9.51. The number of rotatable bonds is 2. The fourth-order valence-corrected chi connectivity index (χ4v) is 3.12. The summed E-state index contributed by atoms with van der Waals surface area (Å²) < 4.78 is 0. The lowest BCUT2D eigenvalue weighted by Gasteiger charge is -2.36. The summed E-state index contributed by atoms with van der Waals surface area (Å²) in [6.45, 7) is 8.41. The molecule has 0 bridgehead atoms. The molecule has 2 aromatic rings. The van der Waals surface area contributed by atoms with E-state index in [1.165, 1.54) is 0 Å². The van der Waals surface area contributed by atoms with E-state index in [0.717, 1.165) is 17.8 Å². The van der Waals surface area contributed by atoms with Crippen LogP contribution in [-0.2, 0) is 5.41 Å². The molecule has 1 amide bonds. The summed E-state index contributed by atoms with van der Waals surface area (Å²) in [5.41, 5.74) is 2.39. The molecule has 0 radical (unpaired) electrons. The number of nitrogens with one attached hydrogen (secondary N) is 2. The van der Waals surface area contributed by atoms with Crippen molar-refractivity contribution in [2.75, 3.05) is 19.6 Å². The number of hydrogen-bond acceptors (Lipinski definition) is 3. The van der Waals surface area contributed by atoms with Gasteiger partial charge in [0.2, 0.25) is 0 Å². The van der Waals surface area contributed by atoms with Crippen molar-refractivity contribution in [2.24, 2.45) is 0 Å². The largest absolute Gasteiger partial charge is 0.328 e. The van der Waals surface area contributed by atoms with E-state index in [0.29, 0.717) is 23.8 Å². The molecule has 6 heteroatoms. The second-order valence-electron chi connectivity index (χ2n) is 7.19. The van der Waals surface area contributed by atoms with Crippen LogP contribution in [0.4, 0.5) is 0 Å². The Kier molecular flexibility index (Phi) is 4.65. The Balaban J connectivity index is 1.87. The van der Waals surface area contributed by atoms with Crippen LogP contribution in [0.25, 0.3) is 0 Å². The molecule has 1 aromatic carbocycles. The minimum atomic E-state index is -0.0681. The van der Waals surface area contributed by atoms with Crippen LogP contribution in [-0.4, -0.2) is 40.6 Å². The number of halogens is 1. The molecule has 1 saturated heterocycles. The summed E-state index contributed by atoms with van der Waals surface area (Å²) in [7, 11) is 0. The molecule has 0 spiro atoms. The Morgan fingerprint density at radius 1 is 1.33 bits per heavy atom. The highest BCUT2D eigenvalue weighted by molar-refractivity contribution is 6.30. The fraction of sp³-hybridized carbons (Fsp3) is 0.444. The van der Waals surface area contributed by atoms with Crippen molar-refractivity contribution in [3.05, 3.63) is 52.3 Å². The topological polar surface area (TPSA) is 61.0 Å². The molecule has 1 atom stereocenters. The van der Waals surface area contributed by atoms with Crippen LogP contribution in [0.5, 0.6) is 0 Å². The zero-order valence-electron chi connectivity index (χ0n) is 14.3. The Hall–Kier alpha value is -1.85. The molecule has 5 nitrogen and oxygen atoms in total. The van der Waals surface area contributed by atoms with Gasteiger partial charge in [-0.05, 0) is 23.8 Å². The molecule has 1 aliphatic heterocycles. The second-order valence-corrected chi connectivity index (χ2v) is 7.63. The first kappa shape index (κ1) is 17.0. The van der Waals surface area contributed by atoms with Crippen LogP contribution in [0.15, 0.2) is 30.3 Å². The van der Waals surface area contributed by atoms with Gasteiger partial charge in [0.05, 0.1) is 6.04 Å². The number of amides is 1. The highest BCUT2D eigenvalue weighted by Gasteiger charge is 2.30. The molecule has 3 rings (SSSR count). The normalized spacial score (nSPS) is 18.7. The molecular formula is C18H23ClN4O. The molecule has 1 aromatic heterocycles. The number of piperazine rings is 1. The average molecular weight is 347 g/mol. The van der Waals surface area contributed by atoms with E-state index in [2.05, 4.69) is 36.3 Å². The van der Waals surface area contributed by atoms with E-state index in [9.17, 15) is 4.79 Å². The molecule has 1 unspecified atom stereocenters. The van der Waals surface area contributed by atoms with E-state index in [-0.39, 0.29) is 17.4 Å². The molecule has 2 heterocycles. The van der Waals surface area contributed by atoms with Crippen molar-refractivity contribution in [3.8, 4) is 0 Å². The highest BCUT2D eigenvalue weighted by atomic mass is 35.5. The number of carbonyl (C=O) groups is 1. The van der Waals surface area contributed by atoms with Gasteiger partial charge < -0.3 is 10.2 Å². The summed E-state index contributed by atoms with van der Waals surface area (Å²) in [5.74, 6) is -0.0479. The number of aromatic nitrogens is 2. The number of aromatic amines is 1. The Bertz CT molecular complexity index is 735. The SMILES string of the molecule is CC(C)(C)c1cc(C(=O)N2CCNCC2c2cccc(Cl)c2)n[nH]1. The van der Waals surface area contributed by atoms with Gasteiger partial charge in [-0.25, -0.2) is 0 Å². The van der Waals surface area contributed by atoms with Crippen molar-refractivity contribution >= 4 is 17.5 Å². The molecule has 1 fully saturated rings. The van der Waals surface area contributed by atoms with Gasteiger partial charge in [-0.1, -0.05) is 44.5 Å². The van der Waals surface area contributed by atoms with Crippen molar-refractivity contribution in [1.29, 1.82) is 0 Å². The monoisotopic (exact) mass is 346 g/mol. The van der Waals surface area contributed by atoms with Gasteiger partial charge >= 0.3 is 0 Å². The summed E-state index contributed by atoms with van der Waals surface area (Å²) in [4.78, 5) is 14.9. The number of hydrogen-bond donors (Lipinski definition) is 2. The van der Waals surface area contributed by atoms with E-state index >= 15 is 0 Å². The van der Waals surface area contributed by atoms with Gasteiger partial charge in [0.1, 0.15) is 5.69 Å². The van der Waals surface area contributed by atoms with Gasteiger partial charge in [-0.3, -0.25) is 9.89 Å². The molecule has 0 saturated carbocycles. The van der Waals surface area contributed by atoms with Crippen LogP contribution < -0.4 is 5.32 Å². The number of benzene rings is 1. The standard InChI is InChI=1S/C18H23ClN4O/c1-18(2,3)16-10-14(21-22-16)17(24)23-8-7-20-11-15(23)12-5-4-6-13(19)9-12/h4-6,9-10,15,20H,7-8,11H2,1-3H3,(H,21,22). The predicted octanol–water partition coefficient (Wildman–Crippen LogP) is 3.15. The van der Waals surface area contributed by atoms with Crippen LogP contribution in [0.3, 0.4) is 0 Å². The summed E-state index contributed by atoms with van der Waals surface area (Å²) in [6.07, 6.45) is 0. The average Bonchev–Trinajstić information content (AvgIpc) is 3.04. The van der Waals surface area contributed by atoms with Crippen molar-refractivity contribution in [2.45, 2.75) is 32.2 Å². The summed E-state index contributed by atoms with van der Waals surface area (Å²) >= 11 is 6.12. The number of H-pyrrole nitrogens is 1. The molecule has 0 aliphatic carbocycles. The number of carbonyl (C=O) groups excluding carboxylic acids is 1. The van der Waals surface area contributed by atoms with E-state index in [4.69, 9.17) is 11.6 Å². The van der Waals surface area contributed by atoms with E-state index in [1.807, 2.05) is 35.2 Å². The summed E-state index contributed by atoms with van der Waals surface area (Å²) in [5, 5.41) is 11.3.